The molecule has 0 aliphatic rings. The quantitative estimate of drug-likeness (QED) is 0.798. The molecule has 0 amide bonds. The van der Waals surface area contributed by atoms with Gasteiger partial charge in [-0.05, 0) is 29.8 Å². The van der Waals surface area contributed by atoms with Gasteiger partial charge < -0.3 is 14.3 Å². The van der Waals surface area contributed by atoms with E-state index in [9.17, 15) is 9.50 Å². The third-order valence-electron chi connectivity index (χ3n) is 3.49. The number of aliphatic hydroxyl groups is 1. The topological polar surface area (TPSA) is 42.6 Å². The van der Waals surface area contributed by atoms with Gasteiger partial charge in [-0.3, -0.25) is 0 Å². The molecule has 2 aromatic carbocycles. The Labute approximate surface area is 121 Å². The summed E-state index contributed by atoms with van der Waals surface area (Å²) < 4.78 is 24.1. The van der Waals surface area contributed by atoms with Crippen LogP contribution in [0.1, 0.15) is 11.3 Å². The molecule has 0 radical (unpaired) electrons. The highest BCUT2D eigenvalue weighted by Gasteiger charge is 2.35. The zero-order valence-corrected chi connectivity index (χ0v) is 11.5. The van der Waals surface area contributed by atoms with Crippen LogP contribution in [-0.4, -0.2) is 18.8 Å². The van der Waals surface area contributed by atoms with E-state index in [1.807, 2.05) is 18.2 Å². The molecule has 1 aromatic heterocycles. The van der Waals surface area contributed by atoms with Crippen molar-refractivity contribution in [2.45, 2.75) is 5.60 Å². The molecule has 0 aliphatic heterocycles. The van der Waals surface area contributed by atoms with Crippen molar-refractivity contribution in [1.82, 2.24) is 0 Å². The van der Waals surface area contributed by atoms with Crippen molar-refractivity contribution in [2.24, 2.45) is 0 Å². The van der Waals surface area contributed by atoms with Crippen LogP contribution in [-0.2, 0) is 10.3 Å². The fraction of sp³-hybridized carbons (Fsp3) is 0.176. The second-order valence-corrected chi connectivity index (χ2v) is 4.95. The van der Waals surface area contributed by atoms with Gasteiger partial charge in [0.1, 0.15) is 17.2 Å². The summed E-state index contributed by atoms with van der Waals surface area (Å²) in [6.07, 6.45) is 0. The summed E-state index contributed by atoms with van der Waals surface area (Å²) in [5, 5.41) is 11.6. The van der Waals surface area contributed by atoms with Crippen LogP contribution in [0.2, 0.25) is 0 Å². The number of methoxy groups -OCH3 is 1. The zero-order valence-electron chi connectivity index (χ0n) is 11.5. The Balaban J connectivity index is 2.15. The monoisotopic (exact) mass is 286 g/mol. The van der Waals surface area contributed by atoms with Gasteiger partial charge in [0.2, 0.25) is 0 Å². The molecular weight excluding hydrogens is 271 g/mol. The first kappa shape index (κ1) is 13.8. The number of rotatable bonds is 4. The Morgan fingerprint density at radius 2 is 1.90 bits per heavy atom. The summed E-state index contributed by atoms with van der Waals surface area (Å²) in [5.74, 6) is -0.0130. The highest BCUT2D eigenvalue weighted by Crippen LogP contribution is 2.34. The first-order chi connectivity index (χ1) is 10.1. The lowest BCUT2D eigenvalue weighted by Crippen LogP contribution is -2.32. The standard InChI is InChI=1S/C17H15FO3/c1-20-11-17(19,13-5-3-2-4-6-13)16-10-12-9-14(18)7-8-15(12)21-16/h2-10,19H,11H2,1H3. The van der Waals surface area contributed by atoms with Gasteiger partial charge >= 0.3 is 0 Å². The fourth-order valence-electron chi connectivity index (χ4n) is 2.44. The van der Waals surface area contributed by atoms with E-state index in [2.05, 4.69) is 0 Å². The van der Waals surface area contributed by atoms with E-state index >= 15 is 0 Å². The van der Waals surface area contributed by atoms with Gasteiger partial charge in [-0.25, -0.2) is 4.39 Å². The van der Waals surface area contributed by atoms with Crippen LogP contribution in [0.25, 0.3) is 11.0 Å². The molecule has 0 saturated heterocycles. The predicted molar refractivity (Wildman–Crippen MR) is 77.5 cm³/mol. The van der Waals surface area contributed by atoms with Crippen molar-refractivity contribution in [2.75, 3.05) is 13.7 Å². The molecule has 1 heterocycles. The summed E-state index contributed by atoms with van der Waals surface area (Å²) >= 11 is 0. The van der Waals surface area contributed by atoms with E-state index in [0.717, 1.165) is 0 Å². The van der Waals surface area contributed by atoms with Crippen molar-refractivity contribution in [3.8, 4) is 0 Å². The van der Waals surface area contributed by atoms with Gasteiger partial charge in [-0.2, -0.15) is 0 Å². The van der Waals surface area contributed by atoms with Crippen LogP contribution >= 0.6 is 0 Å². The molecule has 3 nitrogen and oxygen atoms in total. The number of hydrogen-bond donors (Lipinski definition) is 1. The molecule has 0 aliphatic carbocycles. The zero-order chi connectivity index (χ0) is 14.9. The SMILES string of the molecule is COCC(O)(c1ccccc1)c1cc2cc(F)ccc2o1. The van der Waals surface area contributed by atoms with Crippen molar-refractivity contribution in [1.29, 1.82) is 0 Å². The van der Waals surface area contributed by atoms with Crippen molar-refractivity contribution in [3.63, 3.8) is 0 Å². The van der Waals surface area contributed by atoms with Crippen LogP contribution in [0.4, 0.5) is 4.39 Å². The Bertz CT molecular complexity index is 751. The van der Waals surface area contributed by atoms with Gasteiger partial charge in [0.05, 0.1) is 6.61 Å². The first-order valence-electron chi connectivity index (χ1n) is 6.60. The van der Waals surface area contributed by atoms with Crippen molar-refractivity contribution < 1.29 is 18.7 Å². The van der Waals surface area contributed by atoms with Crippen molar-refractivity contribution >= 4 is 11.0 Å². The van der Waals surface area contributed by atoms with E-state index in [4.69, 9.17) is 9.15 Å². The minimum atomic E-state index is -1.41. The van der Waals surface area contributed by atoms with Crippen LogP contribution in [0.15, 0.2) is 59.0 Å². The van der Waals surface area contributed by atoms with Gasteiger partial charge in [0.15, 0.2) is 5.60 Å². The molecule has 1 atom stereocenters. The summed E-state index contributed by atoms with van der Waals surface area (Å²) in [6, 6.07) is 15.0. The summed E-state index contributed by atoms with van der Waals surface area (Å²) in [4.78, 5) is 0. The summed E-state index contributed by atoms with van der Waals surface area (Å²) in [5.41, 5.74) is -0.228. The molecule has 108 valence electrons. The molecule has 0 spiro atoms. The Kier molecular flexibility index (Phi) is 3.49. The smallest absolute Gasteiger partial charge is 0.170 e. The fourth-order valence-corrected chi connectivity index (χ4v) is 2.44. The maximum atomic E-state index is 13.3. The molecule has 0 bridgehead atoms. The number of furan rings is 1. The molecule has 1 unspecified atom stereocenters. The number of benzene rings is 2. The predicted octanol–water partition coefficient (Wildman–Crippen LogP) is 3.45. The average Bonchev–Trinajstić information content (AvgIpc) is 2.92. The Hall–Kier alpha value is -2.17. The number of fused-ring (bicyclic) bond motifs is 1. The van der Waals surface area contributed by atoms with Crippen LogP contribution in [0, 0.1) is 5.82 Å². The van der Waals surface area contributed by atoms with Crippen molar-refractivity contribution in [3.05, 3.63) is 71.7 Å². The Morgan fingerprint density at radius 1 is 1.14 bits per heavy atom. The summed E-state index contributed by atoms with van der Waals surface area (Å²) in [7, 11) is 1.51. The first-order valence-corrected chi connectivity index (χ1v) is 6.60. The van der Waals surface area contributed by atoms with E-state index < -0.39 is 5.60 Å². The highest BCUT2D eigenvalue weighted by atomic mass is 19.1. The van der Waals surface area contributed by atoms with E-state index in [1.165, 1.54) is 19.2 Å². The second kappa shape index (κ2) is 5.31. The lowest BCUT2D eigenvalue weighted by Gasteiger charge is -2.25. The lowest BCUT2D eigenvalue weighted by molar-refractivity contribution is -0.0174. The molecule has 0 saturated carbocycles. The number of ether oxygens (including phenoxy) is 1. The van der Waals surface area contributed by atoms with Crippen LogP contribution < -0.4 is 0 Å². The van der Waals surface area contributed by atoms with E-state index in [-0.39, 0.29) is 12.4 Å². The molecular formula is C17H15FO3. The second-order valence-electron chi connectivity index (χ2n) is 4.95. The maximum Gasteiger partial charge on any atom is 0.170 e. The van der Waals surface area contributed by atoms with Crippen LogP contribution in [0.3, 0.4) is 0 Å². The minimum Gasteiger partial charge on any atom is -0.458 e. The van der Waals surface area contributed by atoms with Gasteiger partial charge in [-0.15, -0.1) is 0 Å². The average molecular weight is 286 g/mol. The highest BCUT2D eigenvalue weighted by molar-refractivity contribution is 5.78. The summed E-state index contributed by atoms with van der Waals surface area (Å²) in [6.45, 7) is 0.0410. The lowest BCUT2D eigenvalue weighted by atomic mass is 9.92. The van der Waals surface area contributed by atoms with E-state index in [1.54, 1.807) is 24.3 Å². The molecule has 0 fully saturated rings. The van der Waals surface area contributed by atoms with Gasteiger partial charge in [0.25, 0.3) is 0 Å². The van der Waals surface area contributed by atoms with Crippen LogP contribution in [0.5, 0.6) is 0 Å². The molecule has 3 aromatic rings. The Morgan fingerprint density at radius 3 is 2.62 bits per heavy atom. The minimum absolute atomic E-state index is 0.0410. The van der Waals surface area contributed by atoms with Gasteiger partial charge in [-0.1, -0.05) is 30.3 Å². The van der Waals surface area contributed by atoms with Gasteiger partial charge in [0, 0.05) is 12.5 Å². The largest absolute Gasteiger partial charge is 0.458 e. The molecule has 1 N–H and O–H groups in total. The number of halogens is 1. The molecule has 3 rings (SSSR count). The number of hydrogen-bond acceptors (Lipinski definition) is 3. The normalized spacial score (nSPS) is 14.2. The van der Waals surface area contributed by atoms with E-state index in [0.29, 0.717) is 22.3 Å². The molecule has 21 heavy (non-hydrogen) atoms. The molecule has 4 heteroatoms. The maximum absolute atomic E-state index is 13.3. The third kappa shape index (κ3) is 2.44. The third-order valence-corrected chi connectivity index (χ3v) is 3.49.